The Balaban J connectivity index is 1.37. The highest BCUT2D eigenvalue weighted by molar-refractivity contribution is 7.17. The average molecular weight is 582 g/mol. The number of hydrogen-bond donors (Lipinski definition) is 2. The molecule has 0 aliphatic heterocycles. The standard InChI is InChI=1S/C26H23Cl3N2O5S/c1-13-3-8-17-20(9-13)37-25(22(17)26(34)35-2)30-21(32)12-36-16-6-4-14(5-7-16)24(33)31-23-18(28)10-15(27)11-19(23)29/h4-7,10-11,13H,3,8-9,12H2,1-2H3,(H,30,32)(H,31,33). The Morgan fingerprint density at radius 1 is 1.05 bits per heavy atom. The normalized spacial score (nSPS) is 14.5. The van der Waals surface area contributed by atoms with Crippen LogP contribution in [0.4, 0.5) is 10.7 Å². The highest BCUT2D eigenvalue weighted by atomic mass is 35.5. The van der Waals surface area contributed by atoms with Crippen molar-refractivity contribution < 1.29 is 23.9 Å². The molecule has 0 fully saturated rings. The average Bonchev–Trinajstić information content (AvgIpc) is 3.21. The maximum absolute atomic E-state index is 12.6. The van der Waals surface area contributed by atoms with E-state index in [2.05, 4.69) is 17.6 Å². The lowest BCUT2D eigenvalue weighted by atomic mass is 9.88. The largest absolute Gasteiger partial charge is 0.484 e. The molecule has 7 nitrogen and oxygen atoms in total. The minimum Gasteiger partial charge on any atom is -0.484 e. The van der Waals surface area contributed by atoms with Crippen LogP contribution in [0.2, 0.25) is 15.1 Å². The number of ether oxygens (including phenoxy) is 2. The van der Waals surface area contributed by atoms with E-state index in [0.717, 1.165) is 29.7 Å². The van der Waals surface area contributed by atoms with E-state index < -0.39 is 17.8 Å². The molecule has 0 radical (unpaired) electrons. The molecule has 1 atom stereocenters. The molecular formula is C26H23Cl3N2O5S. The predicted octanol–water partition coefficient (Wildman–Crippen LogP) is 6.89. The Morgan fingerprint density at radius 3 is 2.38 bits per heavy atom. The summed E-state index contributed by atoms with van der Waals surface area (Å²) in [7, 11) is 1.33. The van der Waals surface area contributed by atoms with Gasteiger partial charge in [0, 0.05) is 15.5 Å². The number of anilines is 2. The van der Waals surface area contributed by atoms with Crippen molar-refractivity contribution in [3.05, 3.63) is 73.0 Å². The topological polar surface area (TPSA) is 93.7 Å². The number of fused-ring (bicyclic) bond motifs is 1. The molecular weight excluding hydrogens is 559 g/mol. The van der Waals surface area contributed by atoms with Crippen LogP contribution in [0.5, 0.6) is 5.75 Å². The quantitative estimate of drug-likeness (QED) is 0.296. The van der Waals surface area contributed by atoms with Crippen molar-refractivity contribution in [3.63, 3.8) is 0 Å². The van der Waals surface area contributed by atoms with Crippen molar-refractivity contribution in [3.8, 4) is 5.75 Å². The lowest BCUT2D eigenvalue weighted by Crippen LogP contribution is -2.21. The fraction of sp³-hybridized carbons (Fsp3) is 0.269. The molecule has 194 valence electrons. The summed E-state index contributed by atoms with van der Waals surface area (Å²) in [6.07, 6.45) is 2.63. The molecule has 4 rings (SSSR count). The Labute approximate surface area is 233 Å². The molecule has 1 aliphatic carbocycles. The zero-order chi connectivity index (χ0) is 26.7. The Hall–Kier alpha value is -2.78. The predicted molar refractivity (Wildman–Crippen MR) is 147 cm³/mol. The van der Waals surface area contributed by atoms with Gasteiger partial charge in [-0.3, -0.25) is 9.59 Å². The Morgan fingerprint density at radius 2 is 1.73 bits per heavy atom. The molecule has 1 unspecified atom stereocenters. The minimum atomic E-state index is -0.460. The SMILES string of the molecule is COC(=O)c1c(NC(=O)COc2ccc(C(=O)Nc3c(Cl)cc(Cl)cc3Cl)cc2)sc2c1CCC(C)C2. The zero-order valence-corrected chi connectivity index (χ0v) is 23.0. The molecule has 2 N–H and O–H groups in total. The first-order chi connectivity index (χ1) is 17.7. The number of thiophene rings is 1. The van der Waals surface area contributed by atoms with Gasteiger partial charge in [-0.1, -0.05) is 41.7 Å². The number of hydrogen-bond acceptors (Lipinski definition) is 6. The van der Waals surface area contributed by atoms with E-state index >= 15 is 0 Å². The molecule has 0 spiro atoms. The van der Waals surface area contributed by atoms with Gasteiger partial charge in [0.15, 0.2) is 6.61 Å². The third kappa shape index (κ3) is 6.38. The number of amides is 2. The highest BCUT2D eigenvalue weighted by Crippen LogP contribution is 2.40. The van der Waals surface area contributed by atoms with Gasteiger partial charge in [-0.15, -0.1) is 11.3 Å². The second-order valence-corrected chi connectivity index (χ2v) is 11.0. The van der Waals surface area contributed by atoms with Gasteiger partial charge >= 0.3 is 5.97 Å². The molecule has 1 aliphatic rings. The second kappa shape index (κ2) is 11.7. The molecule has 3 aromatic rings. The molecule has 0 bridgehead atoms. The van der Waals surface area contributed by atoms with Crippen molar-refractivity contribution in [2.45, 2.75) is 26.2 Å². The summed E-state index contributed by atoms with van der Waals surface area (Å²) in [5, 5.41) is 6.72. The van der Waals surface area contributed by atoms with Crippen LogP contribution in [0, 0.1) is 5.92 Å². The number of nitrogens with one attached hydrogen (secondary N) is 2. The summed E-state index contributed by atoms with van der Waals surface area (Å²) in [6.45, 7) is 1.89. The van der Waals surface area contributed by atoms with Gasteiger partial charge in [-0.25, -0.2) is 4.79 Å². The molecule has 11 heteroatoms. The maximum Gasteiger partial charge on any atom is 0.341 e. The number of esters is 1. The fourth-order valence-corrected chi connectivity index (χ4v) is 6.34. The lowest BCUT2D eigenvalue weighted by molar-refractivity contribution is -0.118. The van der Waals surface area contributed by atoms with Crippen LogP contribution in [0.25, 0.3) is 0 Å². The summed E-state index contributed by atoms with van der Waals surface area (Å²) >= 11 is 19.6. The summed E-state index contributed by atoms with van der Waals surface area (Å²) in [6, 6.07) is 9.18. The van der Waals surface area contributed by atoms with Crippen LogP contribution in [0.1, 0.15) is 44.5 Å². The van der Waals surface area contributed by atoms with Crippen LogP contribution < -0.4 is 15.4 Å². The number of methoxy groups -OCH3 is 1. The monoisotopic (exact) mass is 580 g/mol. The highest BCUT2D eigenvalue weighted by Gasteiger charge is 2.29. The van der Waals surface area contributed by atoms with E-state index in [9.17, 15) is 14.4 Å². The van der Waals surface area contributed by atoms with E-state index in [0.29, 0.717) is 32.8 Å². The van der Waals surface area contributed by atoms with Crippen molar-refractivity contribution in [2.24, 2.45) is 5.92 Å². The van der Waals surface area contributed by atoms with Crippen LogP contribution >= 0.6 is 46.1 Å². The van der Waals surface area contributed by atoms with Gasteiger partial charge < -0.3 is 20.1 Å². The van der Waals surface area contributed by atoms with E-state index in [1.165, 1.54) is 30.6 Å². The summed E-state index contributed by atoms with van der Waals surface area (Å²) < 4.78 is 10.5. The van der Waals surface area contributed by atoms with E-state index in [1.807, 2.05) is 0 Å². The number of rotatable bonds is 7. The number of carbonyl (C=O) groups excluding carboxylic acids is 3. The lowest BCUT2D eigenvalue weighted by Gasteiger charge is -2.18. The van der Waals surface area contributed by atoms with Crippen LogP contribution in [0.15, 0.2) is 36.4 Å². The minimum absolute atomic E-state index is 0.216. The van der Waals surface area contributed by atoms with E-state index in [4.69, 9.17) is 44.3 Å². The van der Waals surface area contributed by atoms with E-state index in [-0.39, 0.29) is 22.3 Å². The van der Waals surface area contributed by atoms with Crippen LogP contribution in [-0.4, -0.2) is 31.5 Å². The summed E-state index contributed by atoms with van der Waals surface area (Å²) in [5.41, 5.74) is 1.98. The van der Waals surface area contributed by atoms with E-state index in [1.54, 1.807) is 24.3 Å². The van der Waals surface area contributed by atoms with Gasteiger partial charge in [-0.05, 0) is 67.1 Å². The molecule has 1 heterocycles. The van der Waals surface area contributed by atoms with Crippen molar-refractivity contribution >= 4 is 74.6 Å². The van der Waals surface area contributed by atoms with Crippen LogP contribution in [0.3, 0.4) is 0 Å². The Kier molecular flexibility index (Phi) is 8.64. The third-order valence-corrected chi connectivity index (χ3v) is 7.87. The smallest absolute Gasteiger partial charge is 0.341 e. The van der Waals surface area contributed by atoms with Gasteiger partial charge in [0.1, 0.15) is 10.8 Å². The first-order valence-corrected chi connectivity index (χ1v) is 13.3. The fourth-order valence-electron chi connectivity index (χ4n) is 4.02. The first kappa shape index (κ1) is 27.3. The van der Waals surface area contributed by atoms with Gasteiger partial charge in [0.2, 0.25) is 0 Å². The van der Waals surface area contributed by atoms with Gasteiger partial charge in [0.25, 0.3) is 11.8 Å². The number of benzene rings is 2. The van der Waals surface area contributed by atoms with Gasteiger partial charge in [-0.2, -0.15) is 0 Å². The molecule has 1 aromatic heterocycles. The number of carbonyl (C=O) groups is 3. The molecule has 0 saturated heterocycles. The van der Waals surface area contributed by atoms with Gasteiger partial charge in [0.05, 0.1) is 28.4 Å². The van der Waals surface area contributed by atoms with Crippen molar-refractivity contribution in [1.82, 2.24) is 0 Å². The maximum atomic E-state index is 12.6. The summed E-state index contributed by atoms with van der Waals surface area (Å²) in [4.78, 5) is 38.7. The molecule has 37 heavy (non-hydrogen) atoms. The first-order valence-electron chi connectivity index (χ1n) is 11.4. The second-order valence-electron chi connectivity index (χ2n) is 8.61. The number of halogens is 3. The van der Waals surface area contributed by atoms with Crippen molar-refractivity contribution in [2.75, 3.05) is 24.4 Å². The van der Waals surface area contributed by atoms with Crippen LogP contribution in [-0.2, 0) is 22.4 Å². The Bertz CT molecular complexity index is 1330. The molecule has 0 saturated carbocycles. The zero-order valence-electron chi connectivity index (χ0n) is 20.0. The third-order valence-electron chi connectivity index (χ3n) is 5.89. The van der Waals surface area contributed by atoms with Crippen molar-refractivity contribution in [1.29, 1.82) is 0 Å². The molecule has 2 amide bonds. The summed E-state index contributed by atoms with van der Waals surface area (Å²) in [5.74, 6) is -0.388. The molecule has 2 aromatic carbocycles.